The van der Waals surface area contributed by atoms with Crippen molar-refractivity contribution in [3.63, 3.8) is 0 Å². The van der Waals surface area contributed by atoms with Crippen LogP contribution in [0.1, 0.15) is 130 Å². The predicted molar refractivity (Wildman–Crippen MR) is 143 cm³/mol. The fourth-order valence-electron chi connectivity index (χ4n) is 10.4. The van der Waals surface area contributed by atoms with Crippen LogP contribution in [0.4, 0.5) is 0 Å². The van der Waals surface area contributed by atoms with E-state index < -0.39 is 0 Å². The van der Waals surface area contributed by atoms with Gasteiger partial charge in [-0.1, -0.05) is 19.3 Å². The molecule has 0 bridgehead atoms. The van der Waals surface area contributed by atoms with Gasteiger partial charge in [0, 0.05) is 36.8 Å². The molecule has 3 nitrogen and oxygen atoms in total. The second-order valence-corrected chi connectivity index (χ2v) is 14.8. The van der Waals surface area contributed by atoms with Gasteiger partial charge in [0.15, 0.2) is 0 Å². The van der Waals surface area contributed by atoms with E-state index in [1.54, 1.807) is 0 Å². The zero-order chi connectivity index (χ0) is 23.4. The molecule has 3 atom stereocenters. The van der Waals surface area contributed by atoms with Gasteiger partial charge in [-0.2, -0.15) is 0 Å². The fourth-order valence-corrected chi connectivity index (χ4v) is 10.4. The Kier molecular flexibility index (Phi) is 6.64. The molecule has 3 saturated heterocycles. The lowest BCUT2D eigenvalue weighted by molar-refractivity contribution is -0.108. The fraction of sp³-hybridized carbons (Fsp3) is 1.00. The molecular weight excluding hydrogens is 414 g/mol. The van der Waals surface area contributed by atoms with Crippen LogP contribution in [0, 0.1) is 16.2 Å². The average molecular weight is 470 g/mol. The summed E-state index contributed by atoms with van der Waals surface area (Å²) in [4.78, 5) is 6.01. The first-order valence-corrected chi connectivity index (χ1v) is 15.6. The lowest BCUT2D eigenvalue weighted by Gasteiger charge is -2.61. The molecule has 1 N–H and O–H groups in total. The molecule has 3 unspecified atom stereocenters. The largest absolute Gasteiger partial charge is 0.314 e. The molecule has 3 spiro atoms. The lowest BCUT2D eigenvalue weighted by Crippen LogP contribution is -2.62. The first-order chi connectivity index (χ1) is 16.4. The van der Waals surface area contributed by atoms with E-state index in [0.717, 1.165) is 30.2 Å². The summed E-state index contributed by atoms with van der Waals surface area (Å²) < 4.78 is 0. The van der Waals surface area contributed by atoms with Crippen molar-refractivity contribution in [1.29, 1.82) is 0 Å². The van der Waals surface area contributed by atoms with Crippen LogP contribution >= 0.6 is 0 Å². The van der Waals surface area contributed by atoms with E-state index in [9.17, 15) is 0 Å². The van der Waals surface area contributed by atoms with E-state index in [1.807, 2.05) is 0 Å². The highest BCUT2D eigenvalue weighted by Gasteiger charge is 2.53. The van der Waals surface area contributed by atoms with Crippen LogP contribution in [0.5, 0.6) is 0 Å². The molecule has 0 aromatic heterocycles. The number of nitrogens with zero attached hydrogens (tertiary/aromatic N) is 2. The summed E-state index contributed by atoms with van der Waals surface area (Å²) in [6.07, 6.45) is 25.3. The third-order valence-electron chi connectivity index (χ3n) is 12.5. The summed E-state index contributed by atoms with van der Waals surface area (Å²) in [5, 5.41) is 3.69. The van der Waals surface area contributed by atoms with Crippen molar-refractivity contribution in [2.75, 3.05) is 19.6 Å². The molecule has 0 aromatic carbocycles. The summed E-state index contributed by atoms with van der Waals surface area (Å²) in [6.45, 7) is 11.6. The molecule has 6 fully saturated rings. The van der Waals surface area contributed by atoms with Crippen molar-refractivity contribution < 1.29 is 0 Å². The molecule has 3 saturated carbocycles. The average Bonchev–Trinajstić information content (AvgIpc) is 2.81. The highest BCUT2D eigenvalue weighted by molar-refractivity contribution is 5.07. The number of hydrogen-bond acceptors (Lipinski definition) is 3. The van der Waals surface area contributed by atoms with E-state index in [2.05, 4.69) is 35.9 Å². The maximum absolute atomic E-state index is 3.69. The van der Waals surface area contributed by atoms with Crippen molar-refractivity contribution in [3.05, 3.63) is 0 Å². The Morgan fingerprint density at radius 3 is 2.03 bits per heavy atom. The van der Waals surface area contributed by atoms with Crippen LogP contribution in [-0.4, -0.2) is 59.6 Å². The van der Waals surface area contributed by atoms with Crippen molar-refractivity contribution in [2.24, 2.45) is 16.2 Å². The number of rotatable bonds is 2. The maximum Gasteiger partial charge on any atom is 0.0109 e. The Labute approximate surface area is 211 Å². The van der Waals surface area contributed by atoms with Gasteiger partial charge in [-0.05, 0) is 140 Å². The normalized spacial score (nSPS) is 39.4. The molecule has 6 rings (SSSR count). The monoisotopic (exact) mass is 469 g/mol. The first-order valence-electron chi connectivity index (χ1n) is 15.6. The van der Waals surface area contributed by atoms with Crippen LogP contribution in [0.15, 0.2) is 0 Å². The van der Waals surface area contributed by atoms with Crippen molar-refractivity contribution in [1.82, 2.24) is 15.1 Å². The van der Waals surface area contributed by atoms with Crippen LogP contribution in [0.2, 0.25) is 0 Å². The molecule has 0 aromatic rings. The summed E-state index contributed by atoms with van der Waals surface area (Å²) in [5.74, 6) is 0. The third-order valence-corrected chi connectivity index (χ3v) is 12.5. The lowest BCUT2D eigenvalue weighted by atomic mass is 9.57. The van der Waals surface area contributed by atoms with Gasteiger partial charge < -0.3 is 5.32 Å². The molecule has 3 aliphatic carbocycles. The highest BCUT2D eigenvalue weighted by Crippen LogP contribution is 2.56. The minimum Gasteiger partial charge on any atom is -0.314 e. The molecular formula is C31H55N3. The van der Waals surface area contributed by atoms with E-state index in [-0.39, 0.29) is 0 Å². The van der Waals surface area contributed by atoms with Gasteiger partial charge in [-0.25, -0.2) is 0 Å². The van der Waals surface area contributed by atoms with Crippen molar-refractivity contribution in [2.45, 2.75) is 160 Å². The zero-order valence-corrected chi connectivity index (χ0v) is 22.9. The molecule has 3 heteroatoms. The third kappa shape index (κ3) is 4.53. The van der Waals surface area contributed by atoms with Gasteiger partial charge in [-0.3, -0.25) is 9.80 Å². The molecule has 0 radical (unpaired) electrons. The smallest absolute Gasteiger partial charge is 0.0109 e. The van der Waals surface area contributed by atoms with E-state index >= 15 is 0 Å². The summed E-state index contributed by atoms with van der Waals surface area (Å²) in [5.41, 5.74) is 2.08. The Balaban J connectivity index is 1.01. The molecule has 194 valence electrons. The molecule has 3 aliphatic heterocycles. The topological polar surface area (TPSA) is 18.5 Å². The molecule has 3 heterocycles. The Morgan fingerprint density at radius 2 is 1.32 bits per heavy atom. The highest BCUT2D eigenvalue weighted by atomic mass is 15.2. The van der Waals surface area contributed by atoms with Gasteiger partial charge >= 0.3 is 0 Å². The Bertz CT molecular complexity index is 697. The van der Waals surface area contributed by atoms with Crippen LogP contribution in [0.3, 0.4) is 0 Å². The predicted octanol–water partition coefficient (Wildman–Crippen LogP) is 6.76. The van der Waals surface area contributed by atoms with Crippen LogP contribution < -0.4 is 5.32 Å². The van der Waals surface area contributed by atoms with E-state index in [1.165, 1.54) is 129 Å². The first kappa shape index (κ1) is 24.2. The SMILES string of the molecule is CC1CC2(CCN1)CCC(N1CCC3(CC1C)CC(N1CC4(CCCCC4)CCC1C)C3)CC2. The van der Waals surface area contributed by atoms with Crippen molar-refractivity contribution in [3.8, 4) is 0 Å². The van der Waals surface area contributed by atoms with Crippen LogP contribution in [-0.2, 0) is 0 Å². The Hall–Kier alpha value is -0.120. The minimum absolute atomic E-state index is 0.684. The zero-order valence-electron chi connectivity index (χ0n) is 22.9. The molecule has 34 heavy (non-hydrogen) atoms. The van der Waals surface area contributed by atoms with Gasteiger partial charge in [0.2, 0.25) is 0 Å². The minimum atomic E-state index is 0.684. The van der Waals surface area contributed by atoms with Gasteiger partial charge in [0.25, 0.3) is 0 Å². The number of nitrogens with one attached hydrogen (secondary N) is 1. The molecule has 6 aliphatic rings. The summed E-state index contributed by atoms with van der Waals surface area (Å²) >= 11 is 0. The van der Waals surface area contributed by atoms with Crippen molar-refractivity contribution >= 4 is 0 Å². The molecule has 0 amide bonds. The second kappa shape index (κ2) is 9.32. The maximum atomic E-state index is 3.69. The summed E-state index contributed by atoms with van der Waals surface area (Å²) in [7, 11) is 0. The quantitative estimate of drug-likeness (QED) is 0.482. The number of likely N-dealkylation sites (tertiary alicyclic amines) is 2. The second-order valence-electron chi connectivity index (χ2n) is 14.8. The van der Waals surface area contributed by atoms with E-state index in [4.69, 9.17) is 0 Å². The number of piperidine rings is 3. The van der Waals surface area contributed by atoms with Crippen LogP contribution in [0.25, 0.3) is 0 Å². The van der Waals surface area contributed by atoms with Gasteiger partial charge in [0.05, 0.1) is 0 Å². The number of hydrogen-bond donors (Lipinski definition) is 1. The standard InChI is InChI=1S/C31H55N3/c1-24-19-29(15-17-32-24)13-8-27(9-14-29)33-18-16-31(20-26(33)3)21-28(22-31)34-23-30(12-7-25(34)2)10-5-4-6-11-30/h24-28,32H,4-23H2,1-3H3. The van der Waals surface area contributed by atoms with Gasteiger partial charge in [-0.15, -0.1) is 0 Å². The van der Waals surface area contributed by atoms with E-state index in [0.29, 0.717) is 16.2 Å². The van der Waals surface area contributed by atoms with Gasteiger partial charge in [0.1, 0.15) is 0 Å². The Morgan fingerprint density at radius 1 is 0.588 bits per heavy atom. The summed E-state index contributed by atoms with van der Waals surface area (Å²) in [6, 6.07) is 4.17.